The molecule has 4 rings (SSSR count). The van der Waals surface area contributed by atoms with Gasteiger partial charge in [0.05, 0.1) is 18.8 Å². The molecule has 0 radical (unpaired) electrons. The number of hydrogen-bond acceptors (Lipinski definition) is 5. The van der Waals surface area contributed by atoms with Crippen molar-refractivity contribution in [2.75, 3.05) is 13.2 Å². The van der Waals surface area contributed by atoms with Crippen molar-refractivity contribution in [3.8, 4) is 0 Å². The van der Waals surface area contributed by atoms with Gasteiger partial charge in [0.2, 0.25) is 0 Å². The average Bonchev–Trinajstić information content (AvgIpc) is 2.41. The molecule has 4 saturated carbocycles. The van der Waals surface area contributed by atoms with Crippen LogP contribution in [-0.2, 0) is 14.3 Å². The molecule has 0 aliphatic heterocycles. The van der Waals surface area contributed by atoms with Crippen LogP contribution in [0.4, 0.5) is 0 Å². The highest BCUT2D eigenvalue weighted by atomic mass is 16.6. The second-order valence-electron chi connectivity index (χ2n) is 8.12. The lowest BCUT2D eigenvalue weighted by Gasteiger charge is -2.60. The van der Waals surface area contributed by atoms with E-state index in [1.54, 1.807) is 6.08 Å². The Labute approximate surface area is 137 Å². The third-order valence-corrected chi connectivity index (χ3v) is 5.47. The maximum Gasteiger partial charge on any atom is 0.331 e. The molecule has 0 aromatic heterocycles. The summed E-state index contributed by atoms with van der Waals surface area (Å²) in [6, 6.07) is 0. The SMILES string of the molecule is CC(C)=CC(=O)OC12CC3CC(CC(OCC(O)CO)(C3)C1)C2. The van der Waals surface area contributed by atoms with Crippen LogP contribution in [-0.4, -0.2) is 46.7 Å². The molecule has 2 N–H and O–H groups in total. The predicted molar refractivity (Wildman–Crippen MR) is 84.7 cm³/mol. The van der Waals surface area contributed by atoms with E-state index in [1.165, 1.54) is 6.42 Å². The molecule has 130 valence electrons. The van der Waals surface area contributed by atoms with Crippen LogP contribution in [0.25, 0.3) is 0 Å². The van der Waals surface area contributed by atoms with Crippen molar-refractivity contribution >= 4 is 5.97 Å². The molecular weight excluding hydrogens is 296 g/mol. The first kappa shape index (κ1) is 16.9. The zero-order valence-corrected chi connectivity index (χ0v) is 14.1. The Balaban J connectivity index is 1.73. The van der Waals surface area contributed by atoms with Crippen LogP contribution >= 0.6 is 0 Å². The van der Waals surface area contributed by atoms with Gasteiger partial charge in [-0.25, -0.2) is 4.79 Å². The van der Waals surface area contributed by atoms with Crippen molar-refractivity contribution < 1.29 is 24.5 Å². The van der Waals surface area contributed by atoms with Crippen molar-refractivity contribution in [1.82, 2.24) is 0 Å². The molecule has 0 aromatic carbocycles. The number of hydrogen-bond donors (Lipinski definition) is 2. The van der Waals surface area contributed by atoms with Crippen LogP contribution in [0.1, 0.15) is 52.4 Å². The summed E-state index contributed by atoms with van der Waals surface area (Å²) in [5.41, 5.74) is 0.236. The number of allylic oxidation sites excluding steroid dienone is 1. The largest absolute Gasteiger partial charge is 0.456 e. The monoisotopic (exact) mass is 324 g/mol. The summed E-state index contributed by atoms with van der Waals surface area (Å²) in [5.74, 6) is 0.807. The van der Waals surface area contributed by atoms with Crippen LogP contribution in [0, 0.1) is 11.8 Å². The van der Waals surface area contributed by atoms with E-state index < -0.39 is 11.7 Å². The maximum absolute atomic E-state index is 12.1. The summed E-state index contributed by atoms with van der Waals surface area (Å²) in [4.78, 5) is 12.1. The fourth-order valence-electron chi connectivity index (χ4n) is 5.19. The first-order chi connectivity index (χ1) is 10.8. The van der Waals surface area contributed by atoms with Gasteiger partial charge in [-0.15, -0.1) is 0 Å². The number of ether oxygens (including phenoxy) is 2. The van der Waals surface area contributed by atoms with Crippen molar-refractivity contribution in [1.29, 1.82) is 0 Å². The smallest absolute Gasteiger partial charge is 0.331 e. The molecule has 5 heteroatoms. The van der Waals surface area contributed by atoms with Gasteiger partial charge in [0, 0.05) is 12.5 Å². The Morgan fingerprint density at radius 3 is 2.39 bits per heavy atom. The molecule has 0 amide bonds. The third kappa shape index (κ3) is 3.62. The van der Waals surface area contributed by atoms with Gasteiger partial charge in [0.15, 0.2) is 0 Å². The molecule has 5 nitrogen and oxygen atoms in total. The molecule has 4 bridgehead atoms. The quantitative estimate of drug-likeness (QED) is 0.577. The van der Waals surface area contributed by atoms with E-state index in [0.717, 1.165) is 31.3 Å². The average molecular weight is 324 g/mol. The molecule has 0 heterocycles. The van der Waals surface area contributed by atoms with Crippen molar-refractivity contribution in [3.05, 3.63) is 11.6 Å². The number of aliphatic hydroxyl groups excluding tert-OH is 2. The highest BCUT2D eigenvalue weighted by Gasteiger charge is 2.60. The minimum absolute atomic E-state index is 0.147. The van der Waals surface area contributed by atoms with Crippen LogP contribution in [0.2, 0.25) is 0 Å². The van der Waals surface area contributed by atoms with Gasteiger partial charge in [-0.05, 0) is 57.8 Å². The fourth-order valence-corrected chi connectivity index (χ4v) is 5.19. The highest BCUT2D eigenvalue weighted by molar-refractivity contribution is 5.83. The number of esters is 1. The third-order valence-electron chi connectivity index (χ3n) is 5.47. The Morgan fingerprint density at radius 2 is 1.83 bits per heavy atom. The van der Waals surface area contributed by atoms with Crippen LogP contribution < -0.4 is 0 Å². The molecule has 0 aromatic rings. The molecule has 3 atom stereocenters. The minimum atomic E-state index is -0.841. The second-order valence-corrected chi connectivity index (χ2v) is 8.12. The van der Waals surface area contributed by atoms with Gasteiger partial charge in [0.25, 0.3) is 0 Å². The van der Waals surface area contributed by atoms with Crippen molar-refractivity contribution in [2.24, 2.45) is 11.8 Å². The van der Waals surface area contributed by atoms with Gasteiger partial charge in [-0.1, -0.05) is 5.57 Å². The van der Waals surface area contributed by atoms with E-state index >= 15 is 0 Å². The Bertz CT molecular complexity index is 480. The summed E-state index contributed by atoms with van der Waals surface area (Å²) >= 11 is 0. The lowest BCUT2D eigenvalue weighted by Crippen LogP contribution is -2.61. The Morgan fingerprint density at radius 1 is 1.22 bits per heavy atom. The van der Waals surface area contributed by atoms with Gasteiger partial charge in [-0.2, -0.15) is 0 Å². The molecule has 4 fully saturated rings. The summed E-state index contributed by atoms with van der Waals surface area (Å²) in [6.45, 7) is 3.64. The van der Waals surface area contributed by atoms with E-state index in [-0.39, 0.29) is 24.8 Å². The summed E-state index contributed by atoms with van der Waals surface area (Å²) in [6.07, 6.45) is 6.43. The summed E-state index contributed by atoms with van der Waals surface area (Å²) in [7, 11) is 0. The Hall–Kier alpha value is -0.910. The van der Waals surface area contributed by atoms with Gasteiger partial charge in [-0.3, -0.25) is 0 Å². The molecule has 4 aliphatic carbocycles. The Kier molecular flexibility index (Phi) is 4.55. The lowest BCUT2D eigenvalue weighted by molar-refractivity contribution is -0.237. The standard InChI is InChI=1S/C18H28O5/c1-12(2)3-16(21)23-18-7-13-4-14(8-18)6-17(5-13,11-18)22-10-15(20)9-19/h3,13-15,19-20H,4-11H2,1-2H3. The highest BCUT2D eigenvalue weighted by Crippen LogP contribution is 2.60. The van der Waals surface area contributed by atoms with Crippen LogP contribution in [0.5, 0.6) is 0 Å². The number of carbonyl (C=O) groups is 1. The molecule has 23 heavy (non-hydrogen) atoms. The predicted octanol–water partition coefficient (Wildman–Crippen LogP) is 1.96. The van der Waals surface area contributed by atoms with E-state index in [0.29, 0.717) is 18.3 Å². The molecule has 0 saturated heterocycles. The summed E-state index contributed by atoms with van der Waals surface area (Å²) in [5, 5.41) is 18.6. The van der Waals surface area contributed by atoms with Crippen LogP contribution in [0.15, 0.2) is 11.6 Å². The number of aliphatic hydroxyl groups is 2. The van der Waals surface area contributed by atoms with E-state index in [9.17, 15) is 9.90 Å². The van der Waals surface area contributed by atoms with E-state index in [4.69, 9.17) is 14.6 Å². The number of carbonyl (C=O) groups excluding carboxylic acids is 1. The molecular formula is C18H28O5. The second kappa shape index (κ2) is 6.19. The number of rotatable bonds is 6. The first-order valence-corrected chi connectivity index (χ1v) is 8.64. The molecule has 4 aliphatic rings. The van der Waals surface area contributed by atoms with Gasteiger partial charge in [0.1, 0.15) is 11.7 Å². The van der Waals surface area contributed by atoms with E-state index in [2.05, 4.69) is 0 Å². The zero-order valence-electron chi connectivity index (χ0n) is 14.1. The molecule has 3 unspecified atom stereocenters. The first-order valence-electron chi connectivity index (χ1n) is 8.64. The van der Waals surface area contributed by atoms with Crippen LogP contribution in [0.3, 0.4) is 0 Å². The van der Waals surface area contributed by atoms with E-state index in [1.807, 2.05) is 13.8 Å². The topological polar surface area (TPSA) is 76.0 Å². The lowest BCUT2D eigenvalue weighted by atomic mass is 9.52. The fraction of sp³-hybridized carbons (Fsp3) is 0.833. The van der Waals surface area contributed by atoms with Gasteiger partial charge < -0.3 is 19.7 Å². The minimum Gasteiger partial charge on any atom is -0.456 e. The maximum atomic E-state index is 12.1. The normalized spacial score (nSPS) is 39.1. The van der Waals surface area contributed by atoms with Crippen molar-refractivity contribution in [2.45, 2.75) is 69.7 Å². The summed E-state index contributed by atoms with van der Waals surface area (Å²) < 4.78 is 12.0. The molecule has 0 spiro atoms. The van der Waals surface area contributed by atoms with Crippen molar-refractivity contribution in [3.63, 3.8) is 0 Å². The van der Waals surface area contributed by atoms with Gasteiger partial charge >= 0.3 is 5.97 Å². The zero-order chi connectivity index (χ0) is 16.7.